The van der Waals surface area contributed by atoms with Gasteiger partial charge in [0.05, 0.1) is 0 Å². The molecule has 2 heteroatoms. The monoisotopic (exact) mass is 229 g/mol. The molecule has 0 heterocycles. The molecule has 0 aromatic heterocycles. The van der Waals surface area contributed by atoms with Crippen LogP contribution < -0.4 is 0 Å². The van der Waals surface area contributed by atoms with Gasteiger partial charge in [0.1, 0.15) is 0 Å². The Morgan fingerprint density at radius 1 is 1.58 bits per heavy atom. The van der Waals surface area contributed by atoms with Crippen molar-refractivity contribution in [2.24, 2.45) is 16.7 Å². The van der Waals surface area contributed by atoms with Gasteiger partial charge in [0.15, 0.2) is 0 Å². The van der Waals surface area contributed by atoms with Crippen molar-refractivity contribution in [3.63, 3.8) is 0 Å². The molecule has 2 bridgehead atoms. The van der Waals surface area contributed by atoms with Crippen LogP contribution in [0.15, 0.2) is 0 Å². The van der Waals surface area contributed by atoms with Crippen LogP contribution >= 0.6 is 15.9 Å². The number of fused-ring (bicyclic) bond motifs is 2. The van der Waals surface area contributed by atoms with Crippen LogP contribution in [-0.4, -0.2) is 11.0 Å². The smallest absolute Gasteiger partial charge is 0.0157 e. The van der Waals surface area contributed by atoms with Crippen LogP contribution in [0.4, 0.5) is 0 Å². The first-order chi connectivity index (χ1) is 5.54. The topological polar surface area (TPSA) is 23.9 Å². The molecule has 12 heavy (non-hydrogen) atoms. The summed E-state index contributed by atoms with van der Waals surface area (Å²) in [5, 5.41) is 9.03. The van der Waals surface area contributed by atoms with Crippen molar-refractivity contribution in [1.82, 2.24) is 0 Å². The number of halogens is 1. The van der Waals surface area contributed by atoms with Crippen LogP contribution in [0, 0.1) is 22.2 Å². The molecule has 0 aromatic rings. The summed E-state index contributed by atoms with van der Waals surface area (Å²) in [6, 6.07) is 0. The summed E-state index contributed by atoms with van der Waals surface area (Å²) < 4.78 is 0. The zero-order valence-corrected chi connectivity index (χ0v) is 9.37. The highest BCUT2D eigenvalue weighted by Crippen LogP contribution is 2.64. The van der Waals surface area contributed by atoms with Gasteiger partial charge >= 0.3 is 0 Å². The third kappa shape index (κ3) is 0.729. The lowest BCUT2D eigenvalue weighted by Gasteiger charge is -2.36. The second-order valence-corrected chi connectivity index (χ2v) is 5.36. The number of nitrogens with one attached hydrogen (secondary N) is 1. The Hall–Kier alpha value is 0.150. The van der Waals surface area contributed by atoms with Gasteiger partial charge in [-0.2, -0.15) is 0 Å². The Morgan fingerprint density at radius 2 is 2.25 bits per heavy atom. The van der Waals surface area contributed by atoms with Crippen LogP contribution in [0.1, 0.15) is 33.1 Å². The van der Waals surface area contributed by atoms with Crippen LogP contribution in [0.3, 0.4) is 0 Å². The SMILES string of the molecule is C[C@]12CC[C@@H](CC1=N)[C@@]2(C)CBr. The molecule has 0 saturated heterocycles. The molecule has 2 fully saturated rings. The summed E-state index contributed by atoms with van der Waals surface area (Å²) in [5.74, 6) is 0.773. The number of hydrogen-bond acceptors (Lipinski definition) is 1. The summed E-state index contributed by atoms with van der Waals surface area (Å²) in [4.78, 5) is 0. The Bertz CT molecular complexity index is 238. The third-order valence-electron chi connectivity index (χ3n) is 4.55. The maximum Gasteiger partial charge on any atom is 0.0157 e. The molecule has 68 valence electrons. The minimum atomic E-state index is 0.209. The van der Waals surface area contributed by atoms with Gasteiger partial charge in [-0.25, -0.2) is 0 Å². The fourth-order valence-electron chi connectivity index (χ4n) is 3.07. The molecular weight excluding hydrogens is 214 g/mol. The van der Waals surface area contributed by atoms with E-state index in [2.05, 4.69) is 29.8 Å². The molecule has 0 unspecified atom stereocenters. The molecule has 0 aromatic carbocycles. The van der Waals surface area contributed by atoms with E-state index in [0.717, 1.165) is 23.4 Å². The zero-order chi connectivity index (χ0) is 8.98. The predicted molar refractivity (Wildman–Crippen MR) is 55.1 cm³/mol. The molecule has 2 saturated carbocycles. The maximum absolute atomic E-state index is 7.97. The van der Waals surface area contributed by atoms with E-state index in [9.17, 15) is 0 Å². The number of hydrogen-bond donors (Lipinski definition) is 1. The minimum absolute atomic E-state index is 0.209. The predicted octanol–water partition coefficient (Wildman–Crippen LogP) is 3.23. The van der Waals surface area contributed by atoms with Crippen LogP contribution in [-0.2, 0) is 0 Å². The van der Waals surface area contributed by atoms with Crippen molar-refractivity contribution in [1.29, 1.82) is 5.41 Å². The molecular formula is C10H16BrN. The molecule has 2 aliphatic rings. The quantitative estimate of drug-likeness (QED) is 0.669. The second-order valence-electron chi connectivity index (χ2n) is 4.80. The van der Waals surface area contributed by atoms with Crippen molar-refractivity contribution in [3.8, 4) is 0 Å². The number of rotatable bonds is 1. The number of alkyl halides is 1. The fraction of sp³-hybridized carbons (Fsp3) is 0.900. The largest absolute Gasteiger partial charge is 0.309 e. The van der Waals surface area contributed by atoms with Crippen LogP contribution in [0.2, 0.25) is 0 Å². The molecule has 3 atom stereocenters. The first-order valence-electron chi connectivity index (χ1n) is 4.68. The fourth-order valence-corrected chi connectivity index (χ4v) is 4.15. The van der Waals surface area contributed by atoms with Gasteiger partial charge in [-0.1, -0.05) is 29.8 Å². The van der Waals surface area contributed by atoms with Crippen LogP contribution in [0.5, 0.6) is 0 Å². The van der Waals surface area contributed by atoms with Gasteiger partial charge in [0.2, 0.25) is 0 Å². The molecule has 2 rings (SSSR count). The lowest BCUT2D eigenvalue weighted by atomic mass is 9.70. The minimum Gasteiger partial charge on any atom is -0.309 e. The van der Waals surface area contributed by atoms with E-state index < -0.39 is 0 Å². The van der Waals surface area contributed by atoms with E-state index in [1.807, 2.05) is 0 Å². The molecule has 2 aliphatic carbocycles. The van der Waals surface area contributed by atoms with E-state index >= 15 is 0 Å². The molecule has 1 nitrogen and oxygen atoms in total. The van der Waals surface area contributed by atoms with Gasteiger partial charge in [-0.3, -0.25) is 0 Å². The summed E-state index contributed by atoms with van der Waals surface area (Å²) in [6.07, 6.45) is 3.62. The Balaban J connectivity index is 2.44. The average molecular weight is 230 g/mol. The van der Waals surface area contributed by atoms with E-state index in [1.54, 1.807) is 0 Å². The highest BCUT2D eigenvalue weighted by molar-refractivity contribution is 9.09. The molecule has 1 N–H and O–H groups in total. The highest BCUT2D eigenvalue weighted by Gasteiger charge is 2.61. The first-order valence-corrected chi connectivity index (χ1v) is 5.80. The Morgan fingerprint density at radius 3 is 2.50 bits per heavy atom. The lowest BCUT2D eigenvalue weighted by Crippen LogP contribution is -2.35. The summed E-state index contributed by atoms with van der Waals surface area (Å²) in [6.45, 7) is 4.63. The van der Waals surface area contributed by atoms with E-state index in [0.29, 0.717) is 5.41 Å². The summed E-state index contributed by atoms with van der Waals surface area (Å²) in [7, 11) is 0. The molecule has 0 spiro atoms. The van der Waals surface area contributed by atoms with Crippen molar-refractivity contribution < 1.29 is 0 Å². The van der Waals surface area contributed by atoms with Gasteiger partial charge in [-0.15, -0.1) is 0 Å². The molecule has 0 radical (unpaired) electrons. The van der Waals surface area contributed by atoms with Crippen molar-refractivity contribution in [3.05, 3.63) is 0 Å². The summed E-state index contributed by atoms with van der Waals surface area (Å²) in [5.41, 5.74) is 1.58. The lowest BCUT2D eigenvalue weighted by molar-refractivity contribution is 0.203. The summed E-state index contributed by atoms with van der Waals surface area (Å²) >= 11 is 3.62. The standard InChI is InChI=1S/C10H16BrN/c1-9-4-3-7(5-8(9)12)10(9,2)6-11/h7,12H,3-6H2,1-2H3/t7-,9-,10+/m0/s1. The van der Waals surface area contributed by atoms with Crippen LogP contribution in [0.25, 0.3) is 0 Å². The Labute approximate surface area is 82.6 Å². The Kier molecular flexibility index (Phi) is 1.70. The van der Waals surface area contributed by atoms with E-state index in [-0.39, 0.29) is 5.41 Å². The highest BCUT2D eigenvalue weighted by atomic mass is 79.9. The second kappa shape index (κ2) is 2.34. The van der Waals surface area contributed by atoms with Gasteiger partial charge in [0.25, 0.3) is 0 Å². The van der Waals surface area contributed by atoms with Gasteiger partial charge in [0, 0.05) is 16.5 Å². The average Bonchev–Trinajstić information content (AvgIpc) is 2.39. The first kappa shape index (κ1) is 8.74. The van der Waals surface area contributed by atoms with Crippen molar-refractivity contribution in [2.75, 3.05) is 5.33 Å². The zero-order valence-electron chi connectivity index (χ0n) is 7.78. The molecule has 0 amide bonds. The normalized spacial score (nSPS) is 51.9. The molecule has 0 aliphatic heterocycles. The van der Waals surface area contributed by atoms with Crippen molar-refractivity contribution in [2.45, 2.75) is 33.1 Å². The van der Waals surface area contributed by atoms with Gasteiger partial charge < -0.3 is 5.41 Å². The third-order valence-corrected chi connectivity index (χ3v) is 5.71. The van der Waals surface area contributed by atoms with Crippen molar-refractivity contribution >= 4 is 21.6 Å². The van der Waals surface area contributed by atoms with E-state index in [4.69, 9.17) is 5.41 Å². The van der Waals surface area contributed by atoms with Gasteiger partial charge in [-0.05, 0) is 30.6 Å². The van der Waals surface area contributed by atoms with E-state index in [1.165, 1.54) is 12.8 Å². The maximum atomic E-state index is 7.97.